The molecule has 84 valence electrons. The van der Waals surface area contributed by atoms with E-state index in [1.165, 1.54) is 5.56 Å². The minimum atomic E-state index is 0.320. The second-order valence-electron chi connectivity index (χ2n) is 3.99. The van der Waals surface area contributed by atoms with Crippen molar-refractivity contribution in [2.45, 2.75) is 19.8 Å². The van der Waals surface area contributed by atoms with Crippen LogP contribution in [0.1, 0.15) is 16.8 Å². The quantitative estimate of drug-likeness (QED) is 0.849. The summed E-state index contributed by atoms with van der Waals surface area (Å²) in [6.07, 6.45) is 3.72. The predicted octanol–water partition coefficient (Wildman–Crippen LogP) is 1.61. The van der Waals surface area contributed by atoms with Gasteiger partial charge in [0.25, 0.3) is 0 Å². The molecular formula is C12H15N3O. The molecular weight excluding hydrogens is 202 g/mol. The maximum atomic E-state index is 9.30. The summed E-state index contributed by atoms with van der Waals surface area (Å²) in [4.78, 5) is 0. The van der Waals surface area contributed by atoms with Crippen LogP contribution in [0.15, 0.2) is 24.4 Å². The van der Waals surface area contributed by atoms with Crippen LogP contribution in [0.2, 0.25) is 0 Å². The van der Waals surface area contributed by atoms with Crippen LogP contribution >= 0.6 is 0 Å². The van der Waals surface area contributed by atoms with Gasteiger partial charge in [0.2, 0.25) is 0 Å². The summed E-state index contributed by atoms with van der Waals surface area (Å²) in [6, 6.07) is 5.46. The fourth-order valence-electron chi connectivity index (χ4n) is 1.73. The molecule has 1 heterocycles. The van der Waals surface area contributed by atoms with Crippen LogP contribution in [-0.4, -0.2) is 20.1 Å². The predicted molar refractivity (Wildman–Crippen MR) is 61.3 cm³/mol. The van der Waals surface area contributed by atoms with Gasteiger partial charge in [0.1, 0.15) is 5.75 Å². The SMILES string of the molecule is Cc1cc(O)ccc1CCc1cn(C)nn1. The van der Waals surface area contributed by atoms with Crippen molar-refractivity contribution in [1.82, 2.24) is 15.0 Å². The van der Waals surface area contributed by atoms with Gasteiger partial charge in [-0.2, -0.15) is 0 Å². The Bertz CT molecular complexity index is 491. The Balaban J connectivity index is 2.04. The third-order valence-corrected chi connectivity index (χ3v) is 2.63. The molecule has 0 saturated carbocycles. The molecule has 1 N–H and O–H groups in total. The van der Waals surface area contributed by atoms with Gasteiger partial charge >= 0.3 is 0 Å². The van der Waals surface area contributed by atoms with Crippen molar-refractivity contribution < 1.29 is 5.11 Å². The monoisotopic (exact) mass is 217 g/mol. The molecule has 0 spiro atoms. The molecule has 0 atom stereocenters. The Kier molecular flexibility index (Phi) is 2.90. The normalized spacial score (nSPS) is 10.6. The van der Waals surface area contributed by atoms with Crippen molar-refractivity contribution in [2.75, 3.05) is 0 Å². The van der Waals surface area contributed by atoms with E-state index >= 15 is 0 Å². The zero-order valence-electron chi connectivity index (χ0n) is 9.51. The lowest BCUT2D eigenvalue weighted by Gasteiger charge is -2.04. The Morgan fingerprint density at radius 3 is 2.75 bits per heavy atom. The largest absolute Gasteiger partial charge is 0.508 e. The first-order valence-electron chi connectivity index (χ1n) is 5.29. The highest BCUT2D eigenvalue weighted by atomic mass is 16.3. The molecule has 0 aliphatic rings. The Hall–Kier alpha value is -1.84. The first kappa shape index (κ1) is 10.7. The summed E-state index contributed by atoms with van der Waals surface area (Å²) < 4.78 is 1.71. The van der Waals surface area contributed by atoms with Crippen LogP contribution in [0.5, 0.6) is 5.75 Å². The lowest BCUT2D eigenvalue weighted by Crippen LogP contribution is -1.94. The van der Waals surface area contributed by atoms with E-state index in [1.807, 2.05) is 26.2 Å². The topological polar surface area (TPSA) is 50.9 Å². The van der Waals surface area contributed by atoms with E-state index in [9.17, 15) is 5.11 Å². The molecule has 0 unspecified atom stereocenters. The third-order valence-electron chi connectivity index (χ3n) is 2.63. The number of rotatable bonds is 3. The number of hydrogen-bond donors (Lipinski definition) is 1. The summed E-state index contributed by atoms with van der Waals surface area (Å²) >= 11 is 0. The minimum absolute atomic E-state index is 0.320. The number of aryl methyl sites for hydroxylation is 4. The van der Waals surface area contributed by atoms with Crippen molar-refractivity contribution in [3.63, 3.8) is 0 Å². The highest BCUT2D eigenvalue weighted by Gasteiger charge is 2.02. The summed E-state index contributed by atoms with van der Waals surface area (Å²) in [5.74, 6) is 0.320. The lowest BCUT2D eigenvalue weighted by molar-refractivity contribution is 0.474. The van der Waals surface area contributed by atoms with Crippen molar-refractivity contribution >= 4 is 0 Å². The Morgan fingerprint density at radius 2 is 2.12 bits per heavy atom. The number of aromatic hydroxyl groups is 1. The molecule has 4 nitrogen and oxygen atoms in total. The molecule has 0 bridgehead atoms. The van der Waals surface area contributed by atoms with E-state index in [0.29, 0.717) is 5.75 Å². The molecule has 4 heteroatoms. The third kappa shape index (κ3) is 2.39. The molecule has 0 amide bonds. The number of benzene rings is 1. The van der Waals surface area contributed by atoms with Gasteiger partial charge in [0.05, 0.1) is 5.69 Å². The van der Waals surface area contributed by atoms with Gasteiger partial charge in [-0.25, -0.2) is 0 Å². The maximum Gasteiger partial charge on any atom is 0.115 e. The summed E-state index contributed by atoms with van der Waals surface area (Å²) in [6.45, 7) is 2.01. The van der Waals surface area contributed by atoms with Gasteiger partial charge < -0.3 is 5.11 Å². The second-order valence-corrected chi connectivity index (χ2v) is 3.99. The fourth-order valence-corrected chi connectivity index (χ4v) is 1.73. The van der Waals surface area contributed by atoms with Gasteiger partial charge in [0.15, 0.2) is 0 Å². The van der Waals surface area contributed by atoms with Crippen molar-refractivity contribution in [3.05, 3.63) is 41.2 Å². The van der Waals surface area contributed by atoms with Crippen molar-refractivity contribution in [2.24, 2.45) is 7.05 Å². The van der Waals surface area contributed by atoms with Crippen molar-refractivity contribution in [3.8, 4) is 5.75 Å². The van der Waals surface area contributed by atoms with E-state index in [1.54, 1.807) is 16.8 Å². The average molecular weight is 217 g/mol. The first-order valence-corrected chi connectivity index (χ1v) is 5.29. The summed E-state index contributed by atoms with van der Waals surface area (Å²) in [7, 11) is 1.86. The summed E-state index contributed by atoms with van der Waals surface area (Å²) in [5, 5.41) is 17.2. The molecule has 1 aromatic carbocycles. The standard InChI is InChI=1S/C12H15N3O/c1-9-7-12(16)6-4-10(9)3-5-11-8-15(2)14-13-11/h4,6-8,16H,3,5H2,1-2H3. The summed E-state index contributed by atoms with van der Waals surface area (Å²) in [5.41, 5.74) is 3.35. The Labute approximate surface area is 94.5 Å². The van der Waals surface area contributed by atoms with Crippen LogP contribution in [0.3, 0.4) is 0 Å². The molecule has 0 aliphatic carbocycles. The van der Waals surface area contributed by atoms with Gasteiger partial charge in [-0.05, 0) is 43.0 Å². The molecule has 0 saturated heterocycles. The van der Waals surface area contributed by atoms with Crippen LogP contribution < -0.4 is 0 Å². The molecule has 16 heavy (non-hydrogen) atoms. The highest BCUT2D eigenvalue weighted by Crippen LogP contribution is 2.17. The van der Waals surface area contributed by atoms with Crippen molar-refractivity contribution in [1.29, 1.82) is 0 Å². The number of phenols is 1. The average Bonchev–Trinajstić information content (AvgIpc) is 2.63. The number of aromatic nitrogens is 3. The van der Waals surface area contributed by atoms with E-state index in [4.69, 9.17) is 0 Å². The number of hydrogen-bond acceptors (Lipinski definition) is 3. The molecule has 1 aromatic heterocycles. The lowest BCUT2D eigenvalue weighted by atomic mass is 10.0. The van der Waals surface area contributed by atoms with E-state index in [-0.39, 0.29) is 0 Å². The molecule has 2 rings (SSSR count). The van der Waals surface area contributed by atoms with Gasteiger partial charge in [0, 0.05) is 13.2 Å². The first-order chi connectivity index (χ1) is 7.65. The van der Waals surface area contributed by atoms with Crippen LogP contribution in [0, 0.1) is 6.92 Å². The van der Waals surface area contributed by atoms with E-state index in [2.05, 4.69) is 10.3 Å². The fraction of sp³-hybridized carbons (Fsp3) is 0.333. The zero-order chi connectivity index (χ0) is 11.5. The molecule has 0 radical (unpaired) electrons. The van der Waals surface area contributed by atoms with E-state index in [0.717, 1.165) is 24.1 Å². The van der Waals surface area contributed by atoms with Gasteiger partial charge in [-0.15, -0.1) is 5.10 Å². The Morgan fingerprint density at radius 1 is 1.31 bits per heavy atom. The smallest absolute Gasteiger partial charge is 0.115 e. The van der Waals surface area contributed by atoms with Crippen LogP contribution in [0.4, 0.5) is 0 Å². The minimum Gasteiger partial charge on any atom is -0.508 e. The molecule has 0 aliphatic heterocycles. The highest BCUT2D eigenvalue weighted by molar-refractivity contribution is 5.34. The molecule has 0 fully saturated rings. The second kappa shape index (κ2) is 4.35. The molecule has 2 aromatic rings. The van der Waals surface area contributed by atoms with E-state index < -0.39 is 0 Å². The number of nitrogens with zero attached hydrogens (tertiary/aromatic N) is 3. The van der Waals surface area contributed by atoms with Gasteiger partial charge in [-0.3, -0.25) is 4.68 Å². The number of phenolic OH excluding ortho intramolecular Hbond substituents is 1. The van der Waals surface area contributed by atoms with Crippen LogP contribution in [-0.2, 0) is 19.9 Å². The zero-order valence-corrected chi connectivity index (χ0v) is 9.51. The van der Waals surface area contributed by atoms with Gasteiger partial charge in [-0.1, -0.05) is 11.3 Å². The maximum absolute atomic E-state index is 9.30. The van der Waals surface area contributed by atoms with Crippen LogP contribution in [0.25, 0.3) is 0 Å².